The number of carbonyl (C=O) groups is 1. The lowest BCUT2D eigenvalue weighted by molar-refractivity contribution is 0.0744. The van der Waals surface area contributed by atoms with E-state index >= 15 is 0 Å². The number of ether oxygens (including phenoxy) is 1. The van der Waals surface area contributed by atoms with E-state index in [0.29, 0.717) is 11.6 Å². The van der Waals surface area contributed by atoms with Crippen LogP contribution < -0.4 is 5.32 Å². The van der Waals surface area contributed by atoms with E-state index in [4.69, 9.17) is 4.74 Å². The van der Waals surface area contributed by atoms with E-state index in [1.807, 2.05) is 5.38 Å². The first-order valence-electron chi connectivity index (χ1n) is 6.57. The number of piperidine rings is 1. The summed E-state index contributed by atoms with van der Waals surface area (Å²) < 4.78 is 5.41. The quantitative estimate of drug-likeness (QED) is 0.621. The Hall–Kier alpha value is -0.490. The minimum atomic E-state index is -0.00753. The molecular formula is C13H21ClN2O2S. The van der Waals surface area contributed by atoms with Crippen molar-refractivity contribution >= 4 is 29.5 Å². The Bertz CT molecular complexity index is 354. The predicted molar refractivity (Wildman–Crippen MR) is 79.3 cm³/mol. The number of nitrogens with zero attached hydrogens (tertiary/aromatic N) is 1. The molecule has 1 aliphatic rings. The number of nitrogens with one attached hydrogen (secondary N) is 1. The van der Waals surface area contributed by atoms with E-state index < -0.39 is 0 Å². The van der Waals surface area contributed by atoms with Gasteiger partial charge in [0.25, 0.3) is 0 Å². The summed E-state index contributed by atoms with van der Waals surface area (Å²) in [5.41, 5.74) is 0. The summed E-state index contributed by atoms with van der Waals surface area (Å²) >= 11 is 1.37. The molecule has 19 heavy (non-hydrogen) atoms. The van der Waals surface area contributed by atoms with Gasteiger partial charge in [0, 0.05) is 18.2 Å². The van der Waals surface area contributed by atoms with E-state index in [-0.39, 0.29) is 24.8 Å². The van der Waals surface area contributed by atoms with Crippen molar-refractivity contribution in [1.29, 1.82) is 0 Å². The molecule has 1 saturated heterocycles. The summed E-state index contributed by atoms with van der Waals surface area (Å²) in [5, 5.41) is 5.72. The van der Waals surface area contributed by atoms with Crippen molar-refractivity contribution in [2.24, 2.45) is 5.92 Å². The third kappa shape index (κ3) is 5.99. The molecule has 1 aliphatic heterocycles. The Morgan fingerprint density at radius 1 is 1.47 bits per heavy atom. The second kappa shape index (κ2) is 9.42. The van der Waals surface area contributed by atoms with Crippen LogP contribution in [0.25, 0.3) is 0 Å². The molecule has 0 unspecified atom stereocenters. The Morgan fingerprint density at radius 3 is 2.95 bits per heavy atom. The fourth-order valence-corrected chi connectivity index (χ4v) is 2.79. The maximum Gasteiger partial charge on any atom is 0.216 e. The number of carbonyl (C=O) groups excluding carboxylic acids is 1. The summed E-state index contributed by atoms with van der Waals surface area (Å²) in [4.78, 5) is 15.6. The average Bonchev–Trinajstić information content (AvgIpc) is 2.93. The Kier molecular flexibility index (Phi) is 8.21. The van der Waals surface area contributed by atoms with Gasteiger partial charge in [-0.25, -0.2) is 4.98 Å². The molecule has 0 spiro atoms. The summed E-state index contributed by atoms with van der Waals surface area (Å²) in [5.74, 6) is 0.830. The highest BCUT2D eigenvalue weighted by Crippen LogP contribution is 2.17. The molecule has 2 rings (SSSR count). The van der Waals surface area contributed by atoms with E-state index in [2.05, 4.69) is 10.3 Å². The third-order valence-corrected chi connectivity index (χ3v) is 4.08. The van der Waals surface area contributed by atoms with Crippen molar-refractivity contribution < 1.29 is 9.53 Å². The van der Waals surface area contributed by atoms with E-state index in [9.17, 15) is 4.79 Å². The molecule has 0 radical (unpaired) electrons. The summed E-state index contributed by atoms with van der Waals surface area (Å²) in [6.07, 6.45) is 6.47. The number of ketones is 1. The van der Waals surface area contributed by atoms with Gasteiger partial charge in [0.15, 0.2) is 5.01 Å². The first-order chi connectivity index (χ1) is 8.86. The van der Waals surface area contributed by atoms with Gasteiger partial charge in [0.1, 0.15) is 6.61 Å². The van der Waals surface area contributed by atoms with Crippen LogP contribution >= 0.6 is 23.7 Å². The van der Waals surface area contributed by atoms with Crippen molar-refractivity contribution in [3.8, 4) is 0 Å². The zero-order chi connectivity index (χ0) is 12.6. The van der Waals surface area contributed by atoms with Crippen LogP contribution in [-0.4, -0.2) is 37.1 Å². The molecule has 108 valence electrons. The molecule has 0 aliphatic carbocycles. The fraction of sp³-hybridized carbons (Fsp3) is 0.692. The van der Waals surface area contributed by atoms with Crippen molar-refractivity contribution in [2.45, 2.75) is 25.7 Å². The molecule has 6 heteroatoms. The highest BCUT2D eigenvalue weighted by Gasteiger charge is 2.12. The second-order valence-electron chi connectivity index (χ2n) is 4.65. The van der Waals surface area contributed by atoms with Gasteiger partial charge in [-0.3, -0.25) is 4.79 Å². The molecule has 4 nitrogen and oxygen atoms in total. The van der Waals surface area contributed by atoms with Crippen LogP contribution in [0.4, 0.5) is 0 Å². The molecule has 2 heterocycles. The average molecular weight is 305 g/mol. The van der Waals surface area contributed by atoms with Crippen LogP contribution in [0.15, 0.2) is 11.6 Å². The molecule has 0 amide bonds. The minimum absolute atomic E-state index is 0. The topological polar surface area (TPSA) is 51.2 Å². The number of aromatic nitrogens is 1. The van der Waals surface area contributed by atoms with Crippen molar-refractivity contribution in [3.05, 3.63) is 16.6 Å². The predicted octanol–water partition coefficient (Wildman–Crippen LogP) is 2.54. The maximum atomic E-state index is 11.6. The standard InChI is InChI=1S/C13H20N2O2S.ClH/c16-12(13-15-7-9-18-13)10-17-8-1-2-11-3-5-14-6-4-11;/h7,9,11,14H,1-6,8,10H2;1H. The fourth-order valence-electron chi connectivity index (χ4n) is 2.23. The largest absolute Gasteiger partial charge is 0.373 e. The zero-order valence-corrected chi connectivity index (χ0v) is 12.6. The first kappa shape index (κ1) is 16.6. The molecule has 0 aromatic carbocycles. The number of hydrogen-bond acceptors (Lipinski definition) is 5. The van der Waals surface area contributed by atoms with Crippen molar-refractivity contribution in [2.75, 3.05) is 26.3 Å². The third-order valence-electron chi connectivity index (χ3n) is 3.26. The van der Waals surface area contributed by atoms with Gasteiger partial charge in [-0.15, -0.1) is 23.7 Å². The maximum absolute atomic E-state index is 11.6. The molecule has 1 N–H and O–H groups in total. The van der Waals surface area contributed by atoms with Crippen molar-refractivity contribution in [1.82, 2.24) is 10.3 Å². The van der Waals surface area contributed by atoms with Gasteiger partial charge in [0.05, 0.1) is 0 Å². The summed E-state index contributed by atoms with van der Waals surface area (Å²) in [6.45, 7) is 3.14. The number of halogens is 1. The molecule has 1 aromatic rings. The summed E-state index contributed by atoms with van der Waals surface area (Å²) in [7, 11) is 0. The number of Topliss-reactive ketones (excluding diaryl/α,β-unsaturated/α-hetero) is 1. The number of thiazole rings is 1. The van der Waals surface area contributed by atoms with Crippen LogP contribution in [0.2, 0.25) is 0 Å². The van der Waals surface area contributed by atoms with E-state index in [0.717, 1.165) is 25.4 Å². The molecule has 0 saturated carbocycles. The SMILES string of the molecule is Cl.O=C(COCCCC1CCNCC1)c1nccs1. The van der Waals surface area contributed by atoms with E-state index in [1.54, 1.807) is 6.20 Å². The Morgan fingerprint density at radius 2 is 2.26 bits per heavy atom. The van der Waals surface area contributed by atoms with Gasteiger partial charge in [0.2, 0.25) is 5.78 Å². The minimum Gasteiger partial charge on any atom is -0.373 e. The highest BCUT2D eigenvalue weighted by molar-refractivity contribution is 7.11. The van der Waals surface area contributed by atoms with Gasteiger partial charge < -0.3 is 10.1 Å². The normalized spacial score (nSPS) is 16.0. The summed E-state index contributed by atoms with van der Waals surface area (Å²) in [6, 6.07) is 0. The molecule has 0 bridgehead atoms. The van der Waals surface area contributed by atoms with Gasteiger partial charge >= 0.3 is 0 Å². The highest BCUT2D eigenvalue weighted by atomic mass is 35.5. The molecule has 1 aromatic heterocycles. The van der Waals surface area contributed by atoms with Crippen LogP contribution in [0, 0.1) is 5.92 Å². The monoisotopic (exact) mass is 304 g/mol. The van der Waals surface area contributed by atoms with Gasteiger partial charge in [-0.2, -0.15) is 0 Å². The first-order valence-corrected chi connectivity index (χ1v) is 7.45. The molecule has 1 fully saturated rings. The lowest BCUT2D eigenvalue weighted by atomic mass is 9.93. The van der Waals surface area contributed by atoms with Crippen LogP contribution in [-0.2, 0) is 4.74 Å². The lowest BCUT2D eigenvalue weighted by Gasteiger charge is -2.22. The smallest absolute Gasteiger partial charge is 0.216 e. The van der Waals surface area contributed by atoms with Crippen LogP contribution in [0.3, 0.4) is 0 Å². The van der Waals surface area contributed by atoms with E-state index in [1.165, 1.54) is 30.6 Å². The number of hydrogen-bond donors (Lipinski definition) is 1. The Labute approximate surface area is 124 Å². The number of rotatable bonds is 7. The lowest BCUT2D eigenvalue weighted by Crippen LogP contribution is -2.27. The van der Waals surface area contributed by atoms with Gasteiger partial charge in [-0.1, -0.05) is 0 Å². The van der Waals surface area contributed by atoms with Crippen molar-refractivity contribution in [3.63, 3.8) is 0 Å². The second-order valence-corrected chi connectivity index (χ2v) is 5.54. The molecular weight excluding hydrogens is 284 g/mol. The zero-order valence-electron chi connectivity index (χ0n) is 11.0. The molecule has 0 atom stereocenters. The van der Waals surface area contributed by atoms with Crippen LogP contribution in [0.1, 0.15) is 35.5 Å². The van der Waals surface area contributed by atoms with Crippen LogP contribution in [0.5, 0.6) is 0 Å². The Balaban J connectivity index is 0.00000180. The van der Waals surface area contributed by atoms with Gasteiger partial charge in [-0.05, 0) is 44.7 Å².